The zero-order valence-corrected chi connectivity index (χ0v) is 11.7. The van der Waals surface area contributed by atoms with Crippen LogP contribution < -0.4 is 0 Å². The largest absolute Gasteiger partial charge is 0.381 e. The summed E-state index contributed by atoms with van der Waals surface area (Å²) in [6.45, 7) is 14.8. The number of hydrogen-bond donors (Lipinski definition) is 0. The van der Waals surface area contributed by atoms with E-state index in [2.05, 4.69) is 32.7 Å². The van der Waals surface area contributed by atoms with Crippen molar-refractivity contribution in [3.63, 3.8) is 0 Å². The monoisotopic (exact) mass is 217 g/mol. The third-order valence-corrected chi connectivity index (χ3v) is 1.98. The van der Waals surface area contributed by atoms with Crippen LogP contribution in [0.4, 0.5) is 0 Å². The van der Waals surface area contributed by atoms with E-state index in [1.165, 1.54) is 13.0 Å². The Balaban J connectivity index is 0. The van der Waals surface area contributed by atoms with E-state index in [1.807, 2.05) is 13.8 Å². The molecular weight excluding hydrogens is 186 g/mol. The van der Waals surface area contributed by atoms with Crippen LogP contribution in [0.2, 0.25) is 0 Å². The summed E-state index contributed by atoms with van der Waals surface area (Å²) >= 11 is 0. The third kappa shape index (κ3) is 13.9. The van der Waals surface area contributed by atoms with E-state index in [0.717, 1.165) is 26.2 Å². The van der Waals surface area contributed by atoms with E-state index in [1.54, 1.807) is 0 Å². The SMILES string of the molecule is CC.CCCOCC(C)CN(C)CCC. The van der Waals surface area contributed by atoms with Gasteiger partial charge in [-0.05, 0) is 32.4 Å². The molecule has 15 heavy (non-hydrogen) atoms. The summed E-state index contributed by atoms with van der Waals surface area (Å²) in [5.41, 5.74) is 0. The smallest absolute Gasteiger partial charge is 0.0503 e. The highest BCUT2D eigenvalue weighted by Crippen LogP contribution is 2.00. The molecule has 0 bridgehead atoms. The lowest BCUT2D eigenvalue weighted by atomic mass is 10.2. The summed E-state index contributed by atoms with van der Waals surface area (Å²) in [4.78, 5) is 2.37. The van der Waals surface area contributed by atoms with Gasteiger partial charge in [-0.25, -0.2) is 0 Å². The van der Waals surface area contributed by atoms with Gasteiger partial charge >= 0.3 is 0 Å². The van der Waals surface area contributed by atoms with Crippen molar-refractivity contribution < 1.29 is 4.74 Å². The van der Waals surface area contributed by atoms with Gasteiger partial charge in [0.25, 0.3) is 0 Å². The molecule has 0 aromatic heterocycles. The van der Waals surface area contributed by atoms with Crippen molar-refractivity contribution in [2.24, 2.45) is 5.92 Å². The average molecular weight is 217 g/mol. The zero-order chi connectivity index (χ0) is 12.1. The van der Waals surface area contributed by atoms with Crippen LogP contribution in [0.3, 0.4) is 0 Å². The molecule has 0 heterocycles. The maximum atomic E-state index is 5.50. The first-order valence-electron chi connectivity index (χ1n) is 6.47. The highest BCUT2D eigenvalue weighted by Gasteiger charge is 2.05. The van der Waals surface area contributed by atoms with Gasteiger partial charge in [-0.1, -0.05) is 34.6 Å². The molecule has 0 saturated heterocycles. The molecule has 0 aromatic rings. The quantitative estimate of drug-likeness (QED) is 0.578. The maximum Gasteiger partial charge on any atom is 0.0503 e. The second kappa shape index (κ2) is 13.9. The van der Waals surface area contributed by atoms with E-state index >= 15 is 0 Å². The van der Waals surface area contributed by atoms with Crippen LogP contribution in [0.25, 0.3) is 0 Å². The first-order valence-corrected chi connectivity index (χ1v) is 6.47. The van der Waals surface area contributed by atoms with Gasteiger partial charge in [-0.2, -0.15) is 0 Å². The van der Waals surface area contributed by atoms with E-state index in [9.17, 15) is 0 Å². The number of rotatable bonds is 8. The van der Waals surface area contributed by atoms with Crippen LogP contribution in [-0.4, -0.2) is 38.3 Å². The Morgan fingerprint density at radius 1 is 1.13 bits per heavy atom. The van der Waals surface area contributed by atoms with Crippen LogP contribution in [-0.2, 0) is 4.74 Å². The van der Waals surface area contributed by atoms with Crippen LogP contribution in [0.1, 0.15) is 47.5 Å². The Labute approximate surface area is 97.0 Å². The Hall–Kier alpha value is -0.0800. The minimum atomic E-state index is 0.656. The fourth-order valence-corrected chi connectivity index (χ4v) is 1.49. The van der Waals surface area contributed by atoms with Gasteiger partial charge in [-0.3, -0.25) is 0 Å². The highest BCUT2D eigenvalue weighted by molar-refractivity contribution is 4.57. The van der Waals surface area contributed by atoms with Gasteiger partial charge in [0.2, 0.25) is 0 Å². The fourth-order valence-electron chi connectivity index (χ4n) is 1.49. The predicted octanol–water partition coefficient (Wildman–Crippen LogP) is 3.42. The van der Waals surface area contributed by atoms with Crippen molar-refractivity contribution in [2.45, 2.75) is 47.5 Å². The summed E-state index contributed by atoms with van der Waals surface area (Å²) in [5, 5.41) is 0. The fraction of sp³-hybridized carbons (Fsp3) is 1.00. The molecule has 1 unspecified atom stereocenters. The third-order valence-electron chi connectivity index (χ3n) is 1.98. The Kier molecular flexibility index (Phi) is 16.1. The van der Waals surface area contributed by atoms with E-state index in [-0.39, 0.29) is 0 Å². The lowest BCUT2D eigenvalue weighted by molar-refractivity contribution is 0.0922. The number of nitrogens with zero attached hydrogens (tertiary/aromatic N) is 1. The van der Waals surface area contributed by atoms with Crippen LogP contribution in [0, 0.1) is 5.92 Å². The van der Waals surface area contributed by atoms with Crippen molar-refractivity contribution in [2.75, 3.05) is 33.4 Å². The zero-order valence-electron chi connectivity index (χ0n) is 11.7. The van der Waals surface area contributed by atoms with Crippen molar-refractivity contribution in [1.29, 1.82) is 0 Å². The summed E-state index contributed by atoms with van der Waals surface area (Å²) in [6, 6.07) is 0. The summed E-state index contributed by atoms with van der Waals surface area (Å²) in [7, 11) is 2.18. The van der Waals surface area contributed by atoms with E-state index < -0.39 is 0 Å². The minimum absolute atomic E-state index is 0.656. The Morgan fingerprint density at radius 3 is 2.20 bits per heavy atom. The highest BCUT2D eigenvalue weighted by atomic mass is 16.5. The molecule has 1 atom stereocenters. The molecule has 0 aliphatic rings. The first-order chi connectivity index (χ1) is 7.20. The predicted molar refractivity (Wildman–Crippen MR) is 69.4 cm³/mol. The van der Waals surface area contributed by atoms with Crippen molar-refractivity contribution in [1.82, 2.24) is 4.90 Å². The van der Waals surface area contributed by atoms with Crippen molar-refractivity contribution in [3.05, 3.63) is 0 Å². The van der Waals surface area contributed by atoms with Gasteiger partial charge in [0.1, 0.15) is 0 Å². The lowest BCUT2D eigenvalue weighted by Gasteiger charge is -2.20. The van der Waals surface area contributed by atoms with Crippen LogP contribution >= 0.6 is 0 Å². The molecular formula is C13H31NO. The molecule has 0 radical (unpaired) electrons. The second-order valence-corrected chi connectivity index (χ2v) is 3.94. The molecule has 0 aliphatic carbocycles. The van der Waals surface area contributed by atoms with E-state index in [0.29, 0.717) is 5.92 Å². The summed E-state index contributed by atoms with van der Waals surface area (Å²) in [5.74, 6) is 0.656. The molecule has 0 saturated carbocycles. The Morgan fingerprint density at radius 2 is 1.73 bits per heavy atom. The average Bonchev–Trinajstić information content (AvgIpc) is 2.21. The standard InChI is InChI=1S/C11H25NO.C2H6/c1-5-7-12(4)9-11(3)10-13-8-6-2;1-2/h11H,5-10H2,1-4H3;1-2H3. The van der Waals surface area contributed by atoms with Crippen molar-refractivity contribution >= 4 is 0 Å². The van der Waals surface area contributed by atoms with Gasteiger partial charge in [0.15, 0.2) is 0 Å². The van der Waals surface area contributed by atoms with Gasteiger partial charge in [0.05, 0.1) is 6.61 Å². The summed E-state index contributed by atoms with van der Waals surface area (Å²) < 4.78 is 5.50. The molecule has 94 valence electrons. The molecule has 0 fully saturated rings. The van der Waals surface area contributed by atoms with Crippen LogP contribution in [0.5, 0.6) is 0 Å². The molecule has 0 aromatic carbocycles. The molecule has 0 N–H and O–H groups in total. The molecule has 2 nitrogen and oxygen atoms in total. The lowest BCUT2D eigenvalue weighted by Crippen LogP contribution is -2.27. The molecule has 2 heteroatoms. The van der Waals surface area contributed by atoms with Gasteiger partial charge < -0.3 is 9.64 Å². The maximum absolute atomic E-state index is 5.50. The van der Waals surface area contributed by atoms with Crippen molar-refractivity contribution in [3.8, 4) is 0 Å². The number of ether oxygens (including phenoxy) is 1. The topological polar surface area (TPSA) is 12.5 Å². The van der Waals surface area contributed by atoms with Gasteiger partial charge in [0, 0.05) is 13.2 Å². The molecule has 0 aliphatic heterocycles. The van der Waals surface area contributed by atoms with Crippen LogP contribution in [0.15, 0.2) is 0 Å². The Bertz CT molecular complexity index is 107. The minimum Gasteiger partial charge on any atom is -0.381 e. The molecule has 0 amide bonds. The van der Waals surface area contributed by atoms with Gasteiger partial charge in [-0.15, -0.1) is 0 Å². The first kappa shape index (κ1) is 17.3. The molecule has 0 spiro atoms. The second-order valence-electron chi connectivity index (χ2n) is 3.94. The number of hydrogen-bond acceptors (Lipinski definition) is 2. The normalized spacial score (nSPS) is 12.2. The molecule has 0 rings (SSSR count). The van der Waals surface area contributed by atoms with E-state index in [4.69, 9.17) is 4.74 Å². The summed E-state index contributed by atoms with van der Waals surface area (Å²) in [6.07, 6.45) is 2.36.